The van der Waals surface area contributed by atoms with Gasteiger partial charge in [-0.15, -0.1) is 0 Å². The number of hydrogen-bond donors (Lipinski definition) is 0. The number of benzene rings is 1. The van der Waals surface area contributed by atoms with E-state index in [1.807, 2.05) is 32.7 Å². The molecule has 2 rings (SSSR count). The fourth-order valence-electron chi connectivity index (χ4n) is 3.40. The zero-order valence-corrected chi connectivity index (χ0v) is 16.0. The van der Waals surface area contributed by atoms with Crippen LogP contribution in [0.5, 0.6) is 17.2 Å². The van der Waals surface area contributed by atoms with Gasteiger partial charge in [-0.3, -0.25) is 4.79 Å². The molecule has 1 aromatic rings. The van der Waals surface area contributed by atoms with Crippen LogP contribution in [0.15, 0.2) is 12.1 Å². The molecule has 0 bridgehead atoms. The third-order valence-electron chi connectivity index (χ3n) is 4.51. The van der Waals surface area contributed by atoms with Crippen LogP contribution in [0.4, 0.5) is 0 Å². The minimum absolute atomic E-state index is 0.00291. The number of hydrogen-bond acceptors (Lipinski definition) is 4. The molecule has 5 nitrogen and oxygen atoms in total. The van der Waals surface area contributed by atoms with Crippen LogP contribution < -0.4 is 14.2 Å². The van der Waals surface area contributed by atoms with Crippen LogP contribution in [0, 0.1) is 5.92 Å². The molecule has 0 spiro atoms. The van der Waals surface area contributed by atoms with E-state index in [1.165, 1.54) is 25.7 Å². The van der Waals surface area contributed by atoms with E-state index in [1.54, 1.807) is 12.1 Å². The third-order valence-corrected chi connectivity index (χ3v) is 4.51. The highest BCUT2D eigenvalue weighted by Crippen LogP contribution is 2.39. The normalized spacial score (nSPS) is 14.4. The van der Waals surface area contributed by atoms with Gasteiger partial charge in [-0.2, -0.15) is 0 Å². The first-order valence-corrected chi connectivity index (χ1v) is 9.42. The first-order valence-electron chi connectivity index (χ1n) is 9.42. The Labute approximate surface area is 151 Å². The number of carbonyl (C=O) groups is 1. The summed E-state index contributed by atoms with van der Waals surface area (Å²) in [5.41, 5.74) is 0.579. The van der Waals surface area contributed by atoms with Crippen molar-refractivity contribution < 1.29 is 19.0 Å². The van der Waals surface area contributed by atoms with Crippen molar-refractivity contribution in [3.63, 3.8) is 0 Å². The summed E-state index contributed by atoms with van der Waals surface area (Å²) in [6.07, 6.45) is 4.99. The van der Waals surface area contributed by atoms with Gasteiger partial charge in [-0.25, -0.2) is 0 Å². The molecule has 0 radical (unpaired) electrons. The van der Waals surface area contributed by atoms with Crippen molar-refractivity contribution >= 4 is 5.91 Å². The number of rotatable bonds is 9. The van der Waals surface area contributed by atoms with Gasteiger partial charge in [0.2, 0.25) is 5.75 Å². The average Bonchev–Trinajstić information content (AvgIpc) is 3.10. The second-order valence-corrected chi connectivity index (χ2v) is 6.44. The second kappa shape index (κ2) is 9.54. The Bertz CT molecular complexity index is 540. The van der Waals surface area contributed by atoms with Crippen molar-refractivity contribution in [1.82, 2.24) is 4.90 Å². The summed E-state index contributed by atoms with van der Waals surface area (Å²) in [4.78, 5) is 14.7. The molecule has 0 heterocycles. The van der Waals surface area contributed by atoms with E-state index in [-0.39, 0.29) is 5.91 Å². The SMILES string of the molecule is CCOc1cc(C(=O)N(C)CC2CCCC2)cc(OCC)c1OCC. The predicted molar refractivity (Wildman–Crippen MR) is 98.9 cm³/mol. The molecule has 140 valence electrons. The van der Waals surface area contributed by atoms with Crippen molar-refractivity contribution in [2.24, 2.45) is 5.92 Å². The van der Waals surface area contributed by atoms with Crippen molar-refractivity contribution in [3.05, 3.63) is 17.7 Å². The van der Waals surface area contributed by atoms with Gasteiger partial charge < -0.3 is 19.1 Å². The molecule has 1 saturated carbocycles. The zero-order valence-electron chi connectivity index (χ0n) is 16.0. The molecule has 25 heavy (non-hydrogen) atoms. The van der Waals surface area contributed by atoms with Crippen LogP contribution in [0.25, 0.3) is 0 Å². The lowest BCUT2D eigenvalue weighted by atomic mass is 10.1. The van der Waals surface area contributed by atoms with E-state index in [4.69, 9.17) is 14.2 Å². The van der Waals surface area contributed by atoms with E-state index in [9.17, 15) is 4.79 Å². The maximum Gasteiger partial charge on any atom is 0.253 e. The highest BCUT2D eigenvalue weighted by atomic mass is 16.5. The topological polar surface area (TPSA) is 48.0 Å². The molecule has 1 aliphatic rings. The summed E-state index contributed by atoms with van der Waals surface area (Å²) >= 11 is 0. The van der Waals surface area contributed by atoms with E-state index < -0.39 is 0 Å². The molecular formula is C20H31NO4. The van der Waals surface area contributed by atoms with Gasteiger partial charge in [-0.1, -0.05) is 12.8 Å². The summed E-state index contributed by atoms with van der Waals surface area (Å²) in [6, 6.07) is 3.54. The van der Waals surface area contributed by atoms with Gasteiger partial charge >= 0.3 is 0 Å². The van der Waals surface area contributed by atoms with Crippen molar-refractivity contribution in [3.8, 4) is 17.2 Å². The first-order chi connectivity index (χ1) is 12.1. The molecule has 1 aromatic carbocycles. The lowest BCUT2D eigenvalue weighted by molar-refractivity contribution is 0.0772. The lowest BCUT2D eigenvalue weighted by Crippen LogP contribution is -2.31. The van der Waals surface area contributed by atoms with Crippen LogP contribution in [-0.2, 0) is 0 Å². The van der Waals surface area contributed by atoms with E-state index in [2.05, 4.69) is 0 Å². The van der Waals surface area contributed by atoms with Crippen molar-refractivity contribution in [1.29, 1.82) is 0 Å². The Balaban J connectivity index is 2.26. The second-order valence-electron chi connectivity index (χ2n) is 6.44. The Morgan fingerprint density at radius 2 is 1.52 bits per heavy atom. The molecule has 0 N–H and O–H groups in total. The average molecular weight is 349 g/mol. The van der Waals surface area contributed by atoms with Crippen LogP contribution >= 0.6 is 0 Å². The van der Waals surface area contributed by atoms with Gasteiger partial charge in [0.05, 0.1) is 19.8 Å². The highest BCUT2D eigenvalue weighted by molar-refractivity contribution is 5.95. The van der Waals surface area contributed by atoms with E-state index in [0.29, 0.717) is 48.6 Å². The van der Waals surface area contributed by atoms with Gasteiger partial charge in [0.15, 0.2) is 11.5 Å². The fourth-order valence-corrected chi connectivity index (χ4v) is 3.40. The quantitative estimate of drug-likeness (QED) is 0.672. The maximum atomic E-state index is 12.9. The Kier molecular flexibility index (Phi) is 7.41. The first kappa shape index (κ1) is 19.4. The van der Waals surface area contributed by atoms with Gasteiger partial charge in [-0.05, 0) is 51.7 Å². The molecule has 0 aliphatic heterocycles. The number of nitrogens with zero attached hydrogens (tertiary/aromatic N) is 1. The van der Waals surface area contributed by atoms with Gasteiger partial charge in [0.1, 0.15) is 0 Å². The molecule has 0 saturated heterocycles. The van der Waals surface area contributed by atoms with Gasteiger partial charge in [0.25, 0.3) is 5.91 Å². The van der Waals surface area contributed by atoms with Crippen LogP contribution in [0.3, 0.4) is 0 Å². The molecule has 1 fully saturated rings. The Morgan fingerprint density at radius 3 is 2.00 bits per heavy atom. The third kappa shape index (κ3) is 5.03. The number of carbonyl (C=O) groups excluding carboxylic acids is 1. The molecule has 5 heteroatoms. The molecular weight excluding hydrogens is 318 g/mol. The van der Waals surface area contributed by atoms with Crippen molar-refractivity contribution in [2.75, 3.05) is 33.4 Å². The van der Waals surface area contributed by atoms with E-state index in [0.717, 1.165) is 6.54 Å². The highest BCUT2D eigenvalue weighted by Gasteiger charge is 2.23. The van der Waals surface area contributed by atoms with E-state index >= 15 is 0 Å². The summed E-state index contributed by atoms with van der Waals surface area (Å²) in [7, 11) is 1.87. The van der Waals surface area contributed by atoms with Gasteiger partial charge in [0, 0.05) is 19.2 Å². The van der Waals surface area contributed by atoms with Crippen molar-refractivity contribution in [2.45, 2.75) is 46.5 Å². The largest absolute Gasteiger partial charge is 0.490 e. The zero-order chi connectivity index (χ0) is 18.2. The maximum absolute atomic E-state index is 12.9. The summed E-state index contributed by atoms with van der Waals surface area (Å²) in [5.74, 6) is 2.31. The number of amides is 1. The molecule has 1 aliphatic carbocycles. The molecule has 0 atom stereocenters. The molecule has 1 amide bonds. The standard InChI is InChI=1S/C20H31NO4/c1-5-23-17-12-16(13-18(24-6-2)19(17)25-7-3)20(22)21(4)14-15-10-8-9-11-15/h12-13,15H,5-11,14H2,1-4H3. The Hall–Kier alpha value is -1.91. The smallest absolute Gasteiger partial charge is 0.253 e. The van der Waals surface area contributed by atoms with Crippen LogP contribution in [0.2, 0.25) is 0 Å². The molecule has 0 aromatic heterocycles. The minimum Gasteiger partial charge on any atom is -0.490 e. The van der Waals surface area contributed by atoms with Crippen LogP contribution in [-0.4, -0.2) is 44.2 Å². The monoisotopic (exact) mass is 349 g/mol. The lowest BCUT2D eigenvalue weighted by Gasteiger charge is -2.22. The van der Waals surface area contributed by atoms with Crippen LogP contribution in [0.1, 0.15) is 56.8 Å². The summed E-state index contributed by atoms with van der Waals surface area (Å²) in [5, 5.41) is 0. The Morgan fingerprint density at radius 1 is 1.00 bits per heavy atom. The number of ether oxygens (including phenoxy) is 3. The summed E-state index contributed by atoms with van der Waals surface area (Å²) in [6.45, 7) is 8.06. The minimum atomic E-state index is -0.00291. The summed E-state index contributed by atoms with van der Waals surface area (Å²) < 4.78 is 17.1. The predicted octanol–water partition coefficient (Wildman–Crippen LogP) is 4.14. The molecule has 0 unspecified atom stereocenters. The fraction of sp³-hybridized carbons (Fsp3) is 0.650.